The third-order valence-corrected chi connectivity index (χ3v) is 14.6. The van der Waals surface area contributed by atoms with Crippen LogP contribution in [-0.2, 0) is 28.6 Å². The van der Waals surface area contributed by atoms with Crippen molar-refractivity contribution in [2.45, 2.75) is 341 Å². The van der Waals surface area contributed by atoms with Crippen LogP contribution in [0.25, 0.3) is 0 Å². The fourth-order valence-corrected chi connectivity index (χ4v) is 9.62. The van der Waals surface area contributed by atoms with E-state index in [1.54, 1.807) is 0 Å². The zero-order chi connectivity index (χ0) is 56.4. The van der Waals surface area contributed by atoms with E-state index in [2.05, 4.69) is 106 Å². The normalized spacial score (nSPS) is 12.6. The summed E-state index contributed by atoms with van der Waals surface area (Å²) in [6.45, 7) is 6.55. The average Bonchev–Trinajstić information content (AvgIpc) is 3.44. The third-order valence-electron chi connectivity index (χ3n) is 14.6. The Labute approximate surface area is 484 Å². The molecule has 0 aliphatic carbocycles. The van der Waals surface area contributed by atoms with Crippen molar-refractivity contribution in [3.05, 3.63) is 85.1 Å². The lowest BCUT2D eigenvalue weighted by molar-refractivity contribution is -0.167. The van der Waals surface area contributed by atoms with Gasteiger partial charge in [0.2, 0.25) is 0 Å². The van der Waals surface area contributed by atoms with Gasteiger partial charge in [0.1, 0.15) is 13.2 Å². The fourth-order valence-electron chi connectivity index (χ4n) is 9.62. The zero-order valence-electron chi connectivity index (χ0n) is 51.7. The van der Waals surface area contributed by atoms with E-state index in [4.69, 9.17) is 14.2 Å². The lowest BCUT2D eigenvalue weighted by Crippen LogP contribution is -2.30. The molecule has 6 heteroatoms. The second-order valence-corrected chi connectivity index (χ2v) is 22.4. The van der Waals surface area contributed by atoms with Crippen LogP contribution in [0.15, 0.2) is 85.1 Å². The first kappa shape index (κ1) is 74.6. The Morgan fingerprint density at radius 1 is 0.269 bits per heavy atom. The summed E-state index contributed by atoms with van der Waals surface area (Å²) in [4.78, 5) is 38.4. The number of rotatable bonds is 61. The fraction of sp³-hybridized carbons (Fsp3) is 0.764. The average molecular weight is 1090 g/mol. The Kier molecular flexibility index (Phi) is 63.2. The molecule has 0 aromatic heterocycles. The smallest absolute Gasteiger partial charge is 0.306 e. The molecule has 0 spiro atoms. The summed E-state index contributed by atoms with van der Waals surface area (Å²) >= 11 is 0. The van der Waals surface area contributed by atoms with Gasteiger partial charge < -0.3 is 14.2 Å². The van der Waals surface area contributed by atoms with Crippen LogP contribution in [0.2, 0.25) is 0 Å². The van der Waals surface area contributed by atoms with Crippen molar-refractivity contribution >= 4 is 17.9 Å². The number of allylic oxidation sites excluding steroid dienone is 14. The molecule has 1 unspecified atom stereocenters. The van der Waals surface area contributed by atoms with E-state index >= 15 is 0 Å². The minimum atomic E-state index is -0.784. The molecule has 0 radical (unpaired) electrons. The summed E-state index contributed by atoms with van der Waals surface area (Å²) < 4.78 is 17.0. The molecule has 78 heavy (non-hydrogen) atoms. The van der Waals surface area contributed by atoms with E-state index in [0.29, 0.717) is 19.3 Å². The van der Waals surface area contributed by atoms with Gasteiger partial charge in [0.05, 0.1) is 0 Å². The maximum absolute atomic E-state index is 12.9. The van der Waals surface area contributed by atoms with Gasteiger partial charge in [0.25, 0.3) is 0 Å². The summed E-state index contributed by atoms with van der Waals surface area (Å²) in [5.74, 6) is -0.875. The van der Waals surface area contributed by atoms with Crippen LogP contribution in [-0.4, -0.2) is 37.2 Å². The molecule has 0 saturated heterocycles. The molecule has 6 nitrogen and oxygen atoms in total. The molecule has 0 aliphatic heterocycles. The molecule has 0 amide bonds. The van der Waals surface area contributed by atoms with Gasteiger partial charge in [-0.1, -0.05) is 305 Å². The maximum Gasteiger partial charge on any atom is 0.306 e. The summed E-state index contributed by atoms with van der Waals surface area (Å²) in [6.07, 6.45) is 87.3. The van der Waals surface area contributed by atoms with Crippen LogP contribution >= 0.6 is 0 Å². The standard InChI is InChI=1S/C72H126O6/c1-4-7-10-13-16-19-22-25-28-31-33-34-35-36-37-38-39-42-44-47-50-53-56-59-62-65-71(74)77-68-69(67-76-70(73)64-61-58-55-52-49-46-43-40-30-27-24-21-18-15-12-9-6-3)78-72(75)66-63-60-57-54-51-48-45-41-32-29-26-23-20-17-14-11-8-5-2/h7,10,16,19-20,23,25,28-29,32-34,36-37,69H,4-6,8-9,11-15,17-18,21-22,24,26-27,30-31,35,38-68H2,1-3H3/b10-7-,19-16-,23-20-,28-25-,32-29-,34-33-,37-36-. The number of unbranched alkanes of at least 4 members (excludes halogenated alkanes) is 36. The van der Waals surface area contributed by atoms with E-state index in [0.717, 1.165) is 109 Å². The number of ether oxygens (including phenoxy) is 3. The van der Waals surface area contributed by atoms with Crippen LogP contribution in [0.1, 0.15) is 335 Å². The Morgan fingerprint density at radius 2 is 0.500 bits per heavy atom. The Morgan fingerprint density at radius 3 is 0.795 bits per heavy atom. The first-order valence-corrected chi connectivity index (χ1v) is 33.6. The highest BCUT2D eigenvalue weighted by atomic mass is 16.6. The van der Waals surface area contributed by atoms with E-state index in [-0.39, 0.29) is 31.1 Å². The van der Waals surface area contributed by atoms with Crippen molar-refractivity contribution in [1.29, 1.82) is 0 Å². The summed E-state index contributed by atoms with van der Waals surface area (Å²) in [5.41, 5.74) is 0. The number of hydrogen-bond donors (Lipinski definition) is 0. The van der Waals surface area contributed by atoms with Crippen molar-refractivity contribution < 1.29 is 28.6 Å². The largest absolute Gasteiger partial charge is 0.462 e. The molecule has 0 aliphatic rings. The van der Waals surface area contributed by atoms with Crippen molar-refractivity contribution in [3.8, 4) is 0 Å². The molecular formula is C72H126O6. The summed E-state index contributed by atoms with van der Waals surface area (Å²) in [6, 6.07) is 0. The molecule has 0 aromatic carbocycles. The van der Waals surface area contributed by atoms with Gasteiger partial charge in [0.15, 0.2) is 6.10 Å². The molecule has 0 aromatic rings. The van der Waals surface area contributed by atoms with Crippen LogP contribution in [0.3, 0.4) is 0 Å². The van der Waals surface area contributed by atoms with Crippen LogP contribution < -0.4 is 0 Å². The van der Waals surface area contributed by atoms with Gasteiger partial charge in [-0.25, -0.2) is 0 Å². The second kappa shape index (κ2) is 66.1. The van der Waals surface area contributed by atoms with Crippen molar-refractivity contribution in [3.63, 3.8) is 0 Å². The van der Waals surface area contributed by atoms with Crippen LogP contribution in [0, 0.1) is 0 Å². The highest BCUT2D eigenvalue weighted by Gasteiger charge is 2.19. The highest BCUT2D eigenvalue weighted by Crippen LogP contribution is 2.17. The van der Waals surface area contributed by atoms with E-state index in [9.17, 15) is 14.4 Å². The quantitative estimate of drug-likeness (QED) is 0.0261. The monoisotopic (exact) mass is 1090 g/mol. The van der Waals surface area contributed by atoms with Crippen LogP contribution in [0.4, 0.5) is 0 Å². The van der Waals surface area contributed by atoms with Gasteiger partial charge in [0, 0.05) is 19.3 Å². The predicted octanol–water partition coefficient (Wildman–Crippen LogP) is 23.1. The number of carbonyl (C=O) groups excluding carboxylic acids is 3. The van der Waals surface area contributed by atoms with Crippen molar-refractivity contribution in [1.82, 2.24) is 0 Å². The van der Waals surface area contributed by atoms with Gasteiger partial charge in [-0.05, 0) is 96.3 Å². The Hall–Kier alpha value is -3.41. The van der Waals surface area contributed by atoms with Gasteiger partial charge >= 0.3 is 17.9 Å². The van der Waals surface area contributed by atoms with E-state index < -0.39 is 6.10 Å². The van der Waals surface area contributed by atoms with Crippen molar-refractivity contribution in [2.75, 3.05) is 13.2 Å². The van der Waals surface area contributed by atoms with Gasteiger partial charge in [-0.3, -0.25) is 14.4 Å². The SMILES string of the molecule is CC/C=C\C/C=C\C/C=C\C/C=C\C/C=C\CCCCCCCCCCCC(=O)OCC(COC(=O)CCCCCCCCCCCCCCCCCCC)OC(=O)CCCCCCCCC/C=C\C/C=C\CCCCCC. The predicted molar refractivity (Wildman–Crippen MR) is 339 cm³/mol. The molecule has 0 bridgehead atoms. The lowest BCUT2D eigenvalue weighted by Gasteiger charge is -2.18. The van der Waals surface area contributed by atoms with E-state index in [1.165, 1.54) is 186 Å². The highest BCUT2D eigenvalue weighted by molar-refractivity contribution is 5.71. The number of hydrogen-bond acceptors (Lipinski definition) is 6. The Balaban J connectivity index is 4.36. The lowest BCUT2D eigenvalue weighted by atomic mass is 10.0. The third kappa shape index (κ3) is 63.4. The summed E-state index contributed by atoms with van der Waals surface area (Å²) in [7, 11) is 0. The van der Waals surface area contributed by atoms with Crippen LogP contribution in [0.5, 0.6) is 0 Å². The molecule has 0 rings (SSSR count). The number of carbonyl (C=O) groups is 3. The molecule has 0 fully saturated rings. The summed E-state index contributed by atoms with van der Waals surface area (Å²) in [5, 5.41) is 0. The molecule has 0 N–H and O–H groups in total. The second-order valence-electron chi connectivity index (χ2n) is 22.4. The number of esters is 3. The first-order chi connectivity index (χ1) is 38.5. The molecule has 0 heterocycles. The topological polar surface area (TPSA) is 78.9 Å². The molecule has 450 valence electrons. The minimum absolute atomic E-state index is 0.0782. The zero-order valence-corrected chi connectivity index (χ0v) is 51.7. The minimum Gasteiger partial charge on any atom is -0.462 e. The Bertz CT molecular complexity index is 1480. The van der Waals surface area contributed by atoms with E-state index in [1.807, 2.05) is 0 Å². The molecule has 0 saturated carbocycles. The van der Waals surface area contributed by atoms with Gasteiger partial charge in [-0.15, -0.1) is 0 Å². The van der Waals surface area contributed by atoms with Crippen molar-refractivity contribution in [2.24, 2.45) is 0 Å². The maximum atomic E-state index is 12.9. The molecule has 1 atom stereocenters. The van der Waals surface area contributed by atoms with Gasteiger partial charge in [-0.2, -0.15) is 0 Å². The molecular weight excluding hydrogens is 961 g/mol. The first-order valence-electron chi connectivity index (χ1n) is 33.6.